The van der Waals surface area contributed by atoms with Crippen LogP contribution in [0.3, 0.4) is 0 Å². The van der Waals surface area contributed by atoms with Crippen LogP contribution in [0, 0.1) is 5.82 Å². The second-order valence-corrected chi connectivity index (χ2v) is 4.89. The first kappa shape index (κ1) is 13.5. The van der Waals surface area contributed by atoms with Gasteiger partial charge in [-0.3, -0.25) is 4.90 Å². The molecule has 18 heavy (non-hydrogen) atoms. The second kappa shape index (κ2) is 6.27. The third-order valence-electron chi connectivity index (χ3n) is 3.58. The lowest BCUT2D eigenvalue weighted by Gasteiger charge is -2.31. The molecule has 100 valence electrons. The molecule has 0 amide bonds. The quantitative estimate of drug-likeness (QED) is 0.889. The summed E-state index contributed by atoms with van der Waals surface area (Å²) in [6.45, 7) is 2.76. The molecular weight excluding hydrogens is 231 g/mol. The number of ether oxygens (including phenoxy) is 1. The lowest BCUT2D eigenvalue weighted by Crippen LogP contribution is -2.36. The molecule has 3 nitrogen and oxygen atoms in total. The highest BCUT2D eigenvalue weighted by molar-refractivity contribution is 5.25. The lowest BCUT2D eigenvalue weighted by molar-refractivity contribution is 0.0407. The zero-order chi connectivity index (χ0) is 13.0. The fourth-order valence-electron chi connectivity index (χ4n) is 2.43. The molecule has 1 saturated heterocycles. The first-order valence-electron chi connectivity index (χ1n) is 6.46. The number of halogens is 1. The number of nitrogens with zero attached hydrogens (tertiary/aromatic N) is 1. The van der Waals surface area contributed by atoms with Crippen molar-refractivity contribution in [2.75, 3.05) is 20.3 Å². The summed E-state index contributed by atoms with van der Waals surface area (Å²) < 4.78 is 18.7. The predicted molar refractivity (Wildman–Crippen MR) is 69.6 cm³/mol. The highest BCUT2D eigenvalue weighted by Crippen LogP contribution is 2.17. The molecule has 1 aromatic rings. The highest BCUT2D eigenvalue weighted by Gasteiger charge is 2.18. The Kier molecular flexibility index (Phi) is 4.69. The van der Waals surface area contributed by atoms with Crippen LogP contribution in [0.2, 0.25) is 0 Å². The predicted octanol–water partition coefficient (Wildman–Crippen LogP) is 1.90. The van der Waals surface area contributed by atoms with Crippen molar-refractivity contribution in [3.8, 4) is 0 Å². The van der Waals surface area contributed by atoms with Crippen LogP contribution in [0.5, 0.6) is 0 Å². The average Bonchev–Trinajstić information content (AvgIpc) is 2.42. The van der Waals surface area contributed by atoms with Crippen LogP contribution in [0.15, 0.2) is 18.2 Å². The fraction of sp³-hybridized carbons (Fsp3) is 0.571. The first-order valence-corrected chi connectivity index (χ1v) is 6.46. The average molecular weight is 252 g/mol. The number of hydrogen-bond donors (Lipinski definition) is 1. The summed E-state index contributed by atoms with van der Waals surface area (Å²) in [5.74, 6) is -0.213. The first-order chi connectivity index (χ1) is 8.70. The normalized spacial score (nSPS) is 17.3. The van der Waals surface area contributed by atoms with Gasteiger partial charge in [-0.2, -0.15) is 0 Å². The molecule has 2 rings (SSSR count). The van der Waals surface area contributed by atoms with Crippen molar-refractivity contribution < 1.29 is 9.13 Å². The largest absolute Gasteiger partial charge is 0.381 e. The Morgan fingerprint density at radius 3 is 2.78 bits per heavy atom. The second-order valence-electron chi connectivity index (χ2n) is 4.89. The summed E-state index contributed by atoms with van der Waals surface area (Å²) in [5, 5.41) is 0. The molecule has 0 bridgehead atoms. The standard InChI is InChI=1S/C14H21FN2O/c1-17(13-4-6-18-7-5-13)10-11-2-3-14(15)12(8-11)9-16/h2-3,8,13H,4-7,9-10,16H2,1H3. The van der Waals surface area contributed by atoms with Gasteiger partial charge < -0.3 is 10.5 Å². The fourth-order valence-corrected chi connectivity index (χ4v) is 2.43. The van der Waals surface area contributed by atoms with Crippen molar-refractivity contribution in [1.29, 1.82) is 0 Å². The molecule has 0 aliphatic carbocycles. The van der Waals surface area contributed by atoms with E-state index in [9.17, 15) is 4.39 Å². The van der Waals surface area contributed by atoms with E-state index in [0.717, 1.165) is 38.2 Å². The van der Waals surface area contributed by atoms with Gasteiger partial charge in [-0.05, 0) is 31.5 Å². The van der Waals surface area contributed by atoms with Crippen molar-refractivity contribution in [1.82, 2.24) is 4.90 Å². The molecule has 1 fully saturated rings. The molecule has 0 unspecified atom stereocenters. The summed E-state index contributed by atoms with van der Waals surface area (Å²) >= 11 is 0. The summed E-state index contributed by atoms with van der Waals surface area (Å²) in [5.41, 5.74) is 7.23. The van der Waals surface area contributed by atoms with E-state index >= 15 is 0 Å². The van der Waals surface area contributed by atoms with Crippen molar-refractivity contribution in [3.63, 3.8) is 0 Å². The van der Waals surface area contributed by atoms with E-state index < -0.39 is 0 Å². The van der Waals surface area contributed by atoms with E-state index in [-0.39, 0.29) is 12.4 Å². The summed E-state index contributed by atoms with van der Waals surface area (Å²) in [7, 11) is 2.11. The molecule has 1 heterocycles. The van der Waals surface area contributed by atoms with Crippen molar-refractivity contribution in [2.45, 2.75) is 32.0 Å². The third-order valence-corrected chi connectivity index (χ3v) is 3.58. The third kappa shape index (κ3) is 3.28. The van der Waals surface area contributed by atoms with Gasteiger partial charge in [-0.1, -0.05) is 12.1 Å². The van der Waals surface area contributed by atoms with Crippen molar-refractivity contribution in [2.24, 2.45) is 5.73 Å². The molecule has 0 spiro atoms. The minimum Gasteiger partial charge on any atom is -0.381 e. The molecule has 0 aromatic heterocycles. The van der Waals surface area contributed by atoms with Gasteiger partial charge in [-0.25, -0.2) is 4.39 Å². The molecule has 1 aliphatic rings. The minimum atomic E-state index is -0.213. The van der Waals surface area contributed by atoms with Gasteiger partial charge in [0.15, 0.2) is 0 Å². The van der Waals surface area contributed by atoms with E-state index in [1.54, 1.807) is 0 Å². The number of nitrogens with two attached hydrogens (primary N) is 1. The monoisotopic (exact) mass is 252 g/mol. The van der Waals surface area contributed by atoms with Gasteiger partial charge in [0.1, 0.15) is 5.82 Å². The minimum absolute atomic E-state index is 0.213. The van der Waals surface area contributed by atoms with E-state index in [4.69, 9.17) is 10.5 Å². The summed E-state index contributed by atoms with van der Waals surface area (Å²) in [6.07, 6.45) is 2.14. The molecule has 0 atom stereocenters. The van der Waals surface area contributed by atoms with Gasteiger partial charge in [0.05, 0.1) is 0 Å². The molecule has 0 saturated carbocycles. The topological polar surface area (TPSA) is 38.5 Å². The SMILES string of the molecule is CN(Cc1ccc(F)c(CN)c1)C1CCOCC1. The van der Waals surface area contributed by atoms with Crippen LogP contribution in [0.4, 0.5) is 4.39 Å². The van der Waals surface area contributed by atoms with Gasteiger partial charge in [-0.15, -0.1) is 0 Å². The van der Waals surface area contributed by atoms with Gasteiger partial charge in [0.25, 0.3) is 0 Å². The number of benzene rings is 1. The van der Waals surface area contributed by atoms with E-state index in [0.29, 0.717) is 11.6 Å². The number of hydrogen-bond acceptors (Lipinski definition) is 3. The molecule has 4 heteroatoms. The maximum atomic E-state index is 13.4. The van der Waals surface area contributed by atoms with Crippen LogP contribution >= 0.6 is 0 Å². The van der Waals surface area contributed by atoms with Crippen molar-refractivity contribution in [3.05, 3.63) is 35.1 Å². The Hall–Kier alpha value is -0.970. The molecule has 0 radical (unpaired) electrons. The molecule has 1 aromatic carbocycles. The van der Waals surface area contributed by atoms with Crippen LogP contribution in [0.1, 0.15) is 24.0 Å². The van der Waals surface area contributed by atoms with Gasteiger partial charge >= 0.3 is 0 Å². The molecular formula is C14H21FN2O. The number of rotatable bonds is 4. The maximum absolute atomic E-state index is 13.4. The Morgan fingerprint density at radius 2 is 2.11 bits per heavy atom. The Morgan fingerprint density at radius 1 is 1.39 bits per heavy atom. The smallest absolute Gasteiger partial charge is 0.127 e. The van der Waals surface area contributed by atoms with Crippen LogP contribution < -0.4 is 5.73 Å². The summed E-state index contributed by atoms with van der Waals surface area (Å²) in [4.78, 5) is 2.32. The van der Waals surface area contributed by atoms with Crippen LogP contribution in [0.25, 0.3) is 0 Å². The highest BCUT2D eigenvalue weighted by atomic mass is 19.1. The van der Waals surface area contributed by atoms with Crippen LogP contribution in [-0.4, -0.2) is 31.2 Å². The Bertz CT molecular complexity index is 391. The molecule has 1 aliphatic heterocycles. The van der Waals surface area contributed by atoms with E-state index in [1.165, 1.54) is 6.07 Å². The lowest BCUT2D eigenvalue weighted by atomic mass is 10.1. The van der Waals surface area contributed by atoms with E-state index in [2.05, 4.69) is 11.9 Å². The zero-order valence-corrected chi connectivity index (χ0v) is 10.9. The van der Waals surface area contributed by atoms with E-state index in [1.807, 2.05) is 12.1 Å². The van der Waals surface area contributed by atoms with Crippen molar-refractivity contribution >= 4 is 0 Å². The molecule has 2 N–H and O–H groups in total. The Balaban J connectivity index is 1.99. The Labute approximate surface area is 108 Å². The summed E-state index contributed by atoms with van der Waals surface area (Å²) in [6, 6.07) is 5.77. The van der Waals surface area contributed by atoms with Crippen LogP contribution in [-0.2, 0) is 17.8 Å². The van der Waals surface area contributed by atoms with Gasteiger partial charge in [0.2, 0.25) is 0 Å². The zero-order valence-electron chi connectivity index (χ0n) is 10.9. The maximum Gasteiger partial charge on any atom is 0.127 e. The van der Waals surface area contributed by atoms with Gasteiger partial charge in [0, 0.05) is 37.9 Å².